The van der Waals surface area contributed by atoms with Gasteiger partial charge in [0.15, 0.2) is 5.58 Å². The number of rotatable bonds is 2. The van der Waals surface area contributed by atoms with E-state index in [1.54, 1.807) is 17.2 Å². The van der Waals surface area contributed by atoms with Crippen molar-refractivity contribution in [3.05, 3.63) is 35.1 Å². The van der Waals surface area contributed by atoms with E-state index in [-0.39, 0.29) is 29.4 Å². The third-order valence-electron chi connectivity index (χ3n) is 5.84. The molecule has 1 aromatic carbocycles. The first-order valence-corrected chi connectivity index (χ1v) is 10.1. The molecule has 2 fully saturated rings. The average Bonchev–Trinajstić information content (AvgIpc) is 3.35. The van der Waals surface area contributed by atoms with Gasteiger partial charge in [-0.3, -0.25) is 4.90 Å². The van der Waals surface area contributed by atoms with Gasteiger partial charge in [0.2, 0.25) is 0 Å². The molecular formula is C19H17ClF3N5O3. The number of piperidine rings is 1. The first kappa shape index (κ1) is 20.0. The maximum absolute atomic E-state index is 13.8. The Labute approximate surface area is 178 Å². The minimum absolute atomic E-state index is 0.0121. The largest absolute Gasteiger partial charge is 0.465 e. The third-order valence-corrected chi connectivity index (χ3v) is 6.14. The van der Waals surface area contributed by atoms with E-state index in [0.29, 0.717) is 25.9 Å². The molecule has 2 aromatic heterocycles. The van der Waals surface area contributed by atoms with Crippen molar-refractivity contribution < 1.29 is 27.5 Å². The second kappa shape index (κ2) is 7.04. The number of oxazole rings is 1. The molecule has 2 saturated heterocycles. The van der Waals surface area contributed by atoms with Crippen LogP contribution in [0.1, 0.15) is 24.8 Å². The maximum atomic E-state index is 13.8. The van der Waals surface area contributed by atoms with E-state index >= 15 is 0 Å². The summed E-state index contributed by atoms with van der Waals surface area (Å²) in [5.41, 5.74) is -1.31. The fourth-order valence-electron chi connectivity index (χ4n) is 4.58. The van der Waals surface area contributed by atoms with Crippen molar-refractivity contribution in [1.29, 1.82) is 0 Å². The van der Waals surface area contributed by atoms with Crippen molar-refractivity contribution in [1.82, 2.24) is 19.7 Å². The van der Waals surface area contributed by atoms with E-state index in [1.807, 2.05) is 0 Å². The van der Waals surface area contributed by atoms with Crippen LogP contribution in [0.5, 0.6) is 0 Å². The van der Waals surface area contributed by atoms with Crippen LogP contribution in [-0.4, -0.2) is 56.0 Å². The summed E-state index contributed by atoms with van der Waals surface area (Å²) < 4.78 is 48.5. The van der Waals surface area contributed by atoms with E-state index in [9.17, 15) is 23.1 Å². The van der Waals surface area contributed by atoms with Gasteiger partial charge in [-0.1, -0.05) is 11.6 Å². The van der Waals surface area contributed by atoms with Gasteiger partial charge in [0.25, 0.3) is 6.01 Å². The van der Waals surface area contributed by atoms with Crippen LogP contribution in [0.4, 0.5) is 24.0 Å². The van der Waals surface area contributed by atoms with Crippen LogP contribution in [0.3, 0.4) is 0 Å². The van der Waals surface area contributed by atoms with Crippen molar-refractivity contribution in [3.8, 4) is 5.69 Å². The molecule has 164 valence electrons. The summed E-state index contributed by atoms with van der Waals surface area (Å²) in [6.07, 6.45) is -0.408. The molecule has 2 aliphatic rings. The lowest BCUT2D eigenvalue weighted by Crippen LogP contribution is -2.62. The summed E-state index contributed by atoms with van der Waals surface area (Å²) in [7, 11) is 0. The predicted molar refractivity (Wildman–Crippen MR) is 105 cm³/mol. The lowest BCUT2D eigenvalue weighted by Gasteiger charge is -2.48. The quantitative estimate of drug-likeness (QED) is 0.616. The highest BCUT2D eigenvalue weighted by Gasteiger charge is 2.43. The van der Waals surface area contributed by atoms with Gasteiger partial charge in [-0.15, -0.1) is 0 Å². The average molecular weight is 456 g/mol. The van der Waals surface area contributed by atoms with Gasteiger partial charge < -0.3 is 14.4 Å². The molecule has 0 saturated carbocycles. The molecule has 2 unspecified atom stereocenters. The summed E-state index contributed by atoms with van der Waals surface area (Å²) >= 11 is 6.01. The summed E-state index contributed by atoms with van der Waals surface area (Å²) in [4.78, 5) is 19.0. The number of carbonyl (C=O) groups is 1. The number of nitrogens with zero attached hydrogens (tertiary/aromatic N) is 5. The van der Waals surface area contributed by atoms with E-state index in [1.165, 1.54) is 15.8 Å². The zero-order chi connectivity index (χ0) is 21.9. The second-order valence-electron chi connectivity index (χ2n) is 7.71. The molecule has 2 aliphatic heterocycles. The van der Waals surface area contributed by atoms with E-state index in [2.05, 4.69) is 10.1 Å². The summed E-state index contributed by atoms with van der Waals surface area (Å²) in [6, 6.07) is 2.26. The predicted octanol–water partition coefficient (Wildman–Crippen LogP) is 4.41. The molecule has 0 radical (unpaired) electrons. The Morgan fingerprint density at radius 1 is 1.26 bits per heavy atom. The van der Waals surface area contributed by atoms with Gasteiger partial charge in [-0.05, 0) is 31.4 Å². The Morgan fingerprint density at radius 2 is 1.97 bits per heavy atom. The molecule has 1 amide bonds. The molecule has 4 heterocycles. The lowest BCUT2D eigenvalue weighted by atomic mass is 9.92. The molecule has 2 bridgehead atoms. The molecule has 2 atom stereocenters. The lowest BCUT2D eigenvalue weighted by molar-refractivity contribution is -0.136. The van der Waals surface area contributed by atoms with Crippen LogP contribution < -0.4 is 4.90 Å². The van der Waals surface area contributed by atoms with Crippen molar-refractivity contribution in [2.75, 3.05) is 18.0 Å². The fraction of sp³-hybridized carbons (Fsp3) is 0.421. The van der Waals surface area contributed by atoms with Crippen LogP contribution in [-0.2, 0) is 6.18 Å². The van der Waals surface area contributed by atoms with Crippen LogP contribution in [0.25, 0.3) is 16.8 Å². The summed E-state index contributed by atoms with van der Waals surface area (Å²) in [6.45, 7) is 0.587. The maximum Gasteiger partial charge on any atom is 0.420 e. The SMILES string of the molecule is O=C(O)N1C2CCCC1CN(c1nc3c(C(F)(F)F)c(Cl)cc(-n4cccn4)c3o1)C2. The molecule has 5 rings (SSSR count). The summed E-state index contributed by atoms with van der Waals surface area (Å²) in [5.74, 6) is 0. The highest BCUT2D eigenvalue weighted by atomic mass is 35.5. The smallest absolute Gasteiger partial charge is 0.420 e. The molecule has 0 aliphatic carbocycles. The number of halogens is 4. The fourth-order valence-corrected chi connectivity index (χ4v) is 4.88. The molecule has 0 spiro atoms. The topological polar surface area (TPSA) is 87.6 Å². The standard InChI is InChI=1S/C19H17ClF3N5O3/c20-12-7-13(27-6-2-5-24-27)16-15(14(12)19(21,22)23)25-17(31-16)26-8-10-3-1-4-11(9-26)28(10)18(29)30/h2,5-7,10-11H,1,3-4,8-9H2,(H,29,30). The van der Waals surface area contributed by atoms with Gasteiger partial charge >= 0.3 is 12.3 Å². The van der Waals surface area contributed by atoms with Crippen molar-refractivity contribution >= 4 is 34.8 Å². The minimum Gasteiger partial charge on any atom is -0.465 e. The number of alkyl halides is 3. The van der Waals surface area contributed by atoms with Crippen molar-refractivity contribution in [3.63, 3.8) is 0 Å². The molecule has 3 aromatic rings. The number of fused-ring (bicyclic) bond motifs is 3. The Balaban J connectivity index is 1.63. The van der Waals surface area contributed by atoms with Crippen LogP contribution in [0, 0.1) is 0 Å². The number of hydrogen-bond acceptors (Lipinski definition) is 5. The van der Waals surface area contributed by atoms with Gasteiger partial charge in [0.05, 0.1) is 17.1 Å². The van der Waals surface area contributed by atoms with Gasteiger partial charge in [-0.2, -0.15) is 23.3 Å². The van der Waals surface area contributed by atoms with E-state index in [4.69, 9.17) is 16.0 Å². The monoisotopic (exact) mass is 455 g/mol. The van der Waals surface area contributed by atoms with Crippen molar-refractivity contribution in [2.45, 2.75) is 37.5 Å². The van der Waals surface area contributed by atoms with E-state index in [0.717, 1.165) is 12.5 Å². The molecule has 8 nitrogen and oxygen atoms in total. The number of anilines is 1. The summed E-state index contributed by atoms with van der Waals surface area (Å²) in [5, 5.41) is 13.1. The van der Waals surface area contributed by atoms with Crippen molar-refractivity contribution in [2.24, 2.45) is 0 Å². The Kier molecular flexibility index (Phi) is 4.54. The number of piperazine rings is 1. The number of aromatic nitrogens is 3. The zero-order valence-corrected chi connectivity index (χ0v) is 16.8. The van der Waals surface area contributed by atoms with Gasteiger partial charge in [0.1, 0.15) is 16.8 Å². The Bertz CT molecular complexity index is 1130. The minimum atomic E-state index is -4.73. The van der Waals surface area contributed by atoms with Crippen LogP contribution >= 0.6 is 11.6 Å². The second-order valence-corrected chi connectivity index (χ2v) is 8.12. The molecule has 31 heavy (non-hydrogen) atoms. The Morgan fingerprint density at radius 3 is 2.55 bits per heavy atom. The normalized spacial score (nSPS) is 21.7. The number of hydrogen-bond donors (Lipinski definition) is 1. The molecular weight excluding hydrogens is 439 g/mol. The zero-order valence-electron chi connectivity index (χ0n) is 16.0. The first-order valence-electron chi connectivity index (χ1n) is 9.70. The van der Waals surface area contributed by atoms with E-state index < -0.39 is 28.4 Å². The molecule has 1 N–H and O–H groups in total. The first-order chi connectivity index (χ1) is 14.7. The Hall–Kier alpha value is -2.95. The number of benzene rings is 1. The van der Waals surface area contributed by atoms with Crippen LogP contribution in [0.15, 0.2) is 28.9 Å². The third kappa shape index (κ3) is 3.27. The number of carboxylic acid groups (broad SMARTS) is 1. The van der Waals surface area contributed by atoms with Gasteiger partial charge in [-0.25, -0.2) is 9.48 Å². The van der Waals surface area contributed by atoms with Crippen LogP contribution in [0.2, 0.25) is 5.02 Å². The van der Waals surface area contributed by atoms with Gasteiger partial charge in [0, 0.05) is 25.5 Å². The highest BCUT2D eigenvalue weighted by molar-refractivity contribution is 6.32. The highest BCUT2D eigenvalue weighted by Crippen LogP contribution is 2.43. The molecule has 12 heteroatoms. The number of amides is 1.